The molecule has 0 atom stereocenters. The van der Waals surface area contributed by atoms with Gasteiger partial charge in [0.25, 0.3) is 11.6 Å². The Morgan fingerprint density at radius 2 is 1.50 bits per heavy atom. The van der Waals surface area contributed by atoms with Crippen molar-refractivity contribution in [1.29, 1.82) is 0 Å². The van der Waals surface area contributed by atoms with E-state index in [1.54, 1.807) is 35.1 Å². The average Bonchev–Trinajstić information content (AvgIpc) is 3.41. The van der Waals surface area contributed by atoms with Crippen molar-refractivity contribution in [2.24, 2.45) is 0 Å². The summed E-state index contributed by atoms with van der Waals surface area (Å²) in [6, 6.07) is 29.2. The molecule has 40 heavy (non-hydrogen) atoms. The maximum atomic E-state index is 13.5. The van der Waals surface area contributed by atoms with Gasteiger partial charge in [0.2, 0.25) is 5.91 Å². The second kappa shape index (κ2) is 11.3. The topological polar surface area (TPSA) is 128 Å². The molecule has 0 aliphatic carbocycles. The Bertz CT molecular complexity index is 1680. The van der Waals surface area contributed by atoms with E-state index in [0.717, 1.165) is 11.3 Å². The third-order valence-electron chi connectivity index (χ3n) is 5.80. The summed E-state index contributed by atoms with van der Waals surface area (Å²) in [6.45, 7) is 1.40. The van der Waals surface area contributed by atoms with Gasteiger partial charge in [-0.05, 0) is 36.4 Å². The van der Waals surface area contributed by atoms with Crippen molar-refractivity contribution in [1.82, 2.24) is 9.78 Å². The number of benzene rings is 4. The van der Waals surface area contributed by atoms with Crippen LogP contribution in [-0.4, -0.2) is 26.5 Å². The Balaban J connectivity index is 1.45. The van der Waals surface area contributed by atoms with Gasteiger partial charge < -0.3 is 15.4 Å². The van der Waals surface area contributed by atoms with Crippen molar-refractivity contribution in [2.45, 2.75) is 6.92 Å². The summed E-state index contributed by atoms with van der Waals surface area (Å²) < 4.78 is 7.44. The monoisotopic (exact) mass is 533 g/mol. The number of para-hydroxylation sites is 1. The molecule has 0 aliphatic rings. The van der Waals surface area contributed by atoms with E-state index in [9.17, 15) is 19.7 Å². The van der Waals surface area contributed by atoms with Crippen LogP contribution in [0.3, 0.4) is 0 Å². The molecule has 0 radical (unpaired) electrons. The van der Waals surface area contributed by atoms with E-state index in [-0.39, 0.29) is 28.6 Å². The molecule has 0 unspecified atom stereocenters. The molecule has 10 heteroatoms. The van der Waals surface area contributed by atoms with Gasteiger partial charge >= 0.3 is 0 Å². The number of hydrogen-bond donors (Lipinski definition) is 2. The van der Waals surface area contributed by atoms with Crippen molar-refractivity contribution in [3.05, 3.63) is 125 Å². The normalized spacial score (nSPS) is 10.5. The quantitative estimate of drug-likeness (QED) is 0.174. The number of rotatable bonds is 8. The van der Waals surface area contributed by atoms with E-state index in [2.05, 4.69) is 15.7 Å². The largest absolute Gasteiger partial charge is 0.457 e. The van der Waals surface area contributed by atoms with E-state index in [0.29, 0.717) is 17.1 Å². The molecule has 10 nitrogen and oxygen atoms in total. The summed E-state index contributed by atoms with van der Waals surface area (Å²) in [4.78, 5) is 35.8. The number of nitrogens with zero attached hydrogens (tertiary/aromatic N) is 3. The molecular weight excluding hydrogens is 510 g/mol. The number of hydrogen-bond acceptors (Lipinski definition) is 6. The first-order valence-electron chi connectivity index (χ1n) is 12.2. The maximum absolute atomic E-state index is 13.5. The van der Waals surface area contributed by atoms with Crippen LogP contribution in [0.5, 0.6) is 11.5 Å². The Morgan fingerprint density at radius 1 is 0.825 bits per heavy atom. The molecule has 0 saturated carbocycles. The Morgan fingerprint density at radius 3 is 2.15 bits per heavy atom. The van der Waals surface area contributed by atoms with E-state index in [4.69, 9.17) is 4.74 Å². The standard InChI is InChI=1S/C30H23N5O5/c1-20(36)31-22-12-14-26(15-13-22)40-27-17-23(16-25(18-27)35(38)39)32-30(37)28-19-34(24-10-6-3-7-11-24)33-29(28)21-8-4-2-5-9-21/h2-19H,1H3,(H,31,36)(H,32,37). The Kier molecular flexibility index (Phi) is 7.32. The first-order valence-corrected chi connectivity index (χ1v) is 12.2. The molecule has 0 saturated heterocycles. The van der Waals surface area contributed by atoms with Gasteiger partial charge in [-0.25, -0.2) is 4.68 Å². The summed E-state index contributed by atoms with van der Waals surface area (Å²) in [5.74, 6) is -0.160. The van der Waals surface area contributed by atoms with Crippen LogP contribution >= 0.6 is 0 Å². The third kappa shape index (κ3) is 6.03. The number of carbonyl (C=O) groups is 2. The van der Waals surface area contributed by atoms with Crippen molar-refractivity contribution >= 4 is 28.9 Å². The fourth-order valence-corrected chi connectivity index (χ4v) is 4.03. The number of aromatic nitrogens is 2. The van der Waals surface area contributed by atoms with Crippen molar-refractivity contribution < 1.29 is 19.2 Å². The molecule has 0 bridgehead atoms. The highest BCUT2D eigenvalue weighted by atomic mass is 16.6. The van der Waals surface area contributed by atoms with E-state index >= 15 is 0 Å². The lowest BCUT2D eigenvalue weighted by atomic mass is 10.1. The van der Waals surface area contributed by atoms with Gasteiger partial charge in [-0.1, -0.05) is 48.5 Å². The van der Waals surface area contributed by atoms with Gasteiger partial charge in [-0.2, -0.15) is 5.10 Å². The molecule has 198 valence electrons. The fourth-order valence-electron chi connectivity index (χ4n) is 4.03. The molecule has 2 amide bonds. The lowest BCUT2D eigenvalue weighted by molar-refractivity contribution is -0.384. The number of nitro groups is 1. The predicted octanol–water partition coefficient (Wildman–Crippen LogP) is 6.45. The second-order valence-corrected chi connectivity index (χ2v) is 8.77. The summed E-state index contributed by atoms with van der Waals surface area (Å²) in [7, 11) is 0. The van der Waals surface area contributed by atoms with Gasteiger partial charge in [-0.3, -0.25) is 19.7 Å². The molecule has 4 aromatic carbocycles. The molecule has 0 aliphatic heterocycles. The van der Waals surface area contributed by atoms with E-state index in [1.165, 1.54) is 25.1 Å². The second-order valence-electron chi connectivity index (χ2n) is 8.77. The lowest BCUT2D eigenvalue weighted by Crippen LogP contribution is -2.12. The Hall–Kier alpha value is -5.77. The number of nitro benzene ring substituents is 1. The molecule has 2 N–H and O–H groups in total. The van der Waals surface area contributed by atoms with Crippen LogP contribution in [0.25, 0.3) is 16.9 Å². The average molecular weight is 534 g/mol. The van der Waals surface area contributed by atoms with Gasteiger partial charge in [0.1, 0.15) is 17.2 Å². The van der Waals surface area contributed by atoms with Gasteiger partial charge in [0.05, 0.1) is 27.9 Å². The third-order valence-corrected chi connectivity index (χ3v) is 5.80. The summed E-state index contributed by atoms with van der Waals surface area (Å²) in [5.41, 5.74) is 2.77. The predicted molar refractivity (Wildman–Crippen MR) is 151 cm³/mol. The molecule has 5 rings (SSSR count). The van der Waals surface area contributed by atoms with Crippen LogP contribution in [0.1, 0.15) is 17.3 Å². The van der Waals surface area contributed by atoms with Crippen molar-refractivity contribution in [3.63, 3.8) is 0 Å². The zero-order valence-electron chi connectivity index (χ0n) is 21.3. The minimum absolute atomic E-state index is 0.153. The van der Waals surface area contributed by atoms with E-state index in [1.807, 2.05) is 60.7 Å². The minimum Gasteiger partial charge on any atom is -0.457 e. The van der Waals surface area contributed by atoms with Gasteiger partial charge in [0.15, 0.2) is 0 Å². The van der Waals surface area contributed by atoms with Gasteiger partial charge in [-0.15, -0.1) is 0 Å². The smallest absolute Gasteiger partial charge is 0.275 e. The van der Waals surface area contributed by atoms with E-state index < -0.39 is 10.8 Å². The highest BCUT2D eigenvalue weighted by Crippen LogP contribution is 2.31. The van der Waals surface area contributed by atoms with Crippen LogP contribution in [0.2, 0.25) is 0 Å². The number of carbonyl (C=O) groups excluding carboxylic acids is 2. The van der Waals surface area contributed by atoms with Crippen LogP contribution in [0, 0.1) is 10.1 Å². The molecular formula is C30H23N5O5. The maximum Gasteiger partial charge on any atom is 0.275 e. The molecule has 1 aromatic heterocycles. The van der Waals surface area contributed by atoms with Crippen molar-refractivity contribution in [3.8, 4) is 28.4 Å². The highest BCUT2D eigenvalue weighted by molar-refractivity contribution is 6.08. The highest BCUT2D eigenvalue weighted by Gasteiger charge is 2.20. The summed E-state index contributed by atoms with van der Waals surface area (Å²) in [5, 5.41) is 21.7. The molecule has 0 spiro atoms. The summed E-state index contributed by atoms with van der Waals surface area (Å²) >= 11 is 0. The van der Waals surface area contributed by atoms with Gasteiger partial charge in [0, 0.05) is 36.5 Å². The lowest BCUT2D eigenvalue weighted by Gasteiger charge is -2.10. The van der Waals surface area contributed by atoms with Crippen LogP contribution < -0.4 is 15.4 Å². The number of amides is 2. The van der Waals surface area contributed by atoms with Crippen LogP contribution in [-0.2, 0) is 4.79 Å². The SMILES string of the molecule is CC(=O)Nc1ccc(Oc2cc(NC(=O)c3cn(-c4ccccc4)nc3-c3ccccc3)cc([N+](=O)[O-])c2)cc1. The minimum atomic E-state index is -0.564. The Labute approximate surface area is 229 Å². The van der Waals surface area contributed by atoms with Crippen LogP contribution in [0.15, 0.2) is 109 Å². The van der Waals surface area contributed by atoms with Crippen molar-refractivity contribution in [2.75, 3.05) is 10.6 Å². The fraction of sp³-hybridized carbons (Fsp3) is 0.0333. The molecule has 5 aromatic rings. The number of ether oxygens (including phenoxy) is 1. The molecule has 1 heterocycles. The number of anilines is 2. The number of nitrogens with one attached hydrogen (secondary N) is 2. The first-order chi connectivity index (χ1) is 19.4. The number of non-ortho nitro benzene ring substituents is 1. The van der Waals surface area contributed by atoms with Crippen LogP contribution in [0.4, 0.5) is 17.1 Å². The first kappa shape index (κ1) is 25.9. The summed E-state index contributed by atoms with van der Waals surface area (Å²) in [6.07, 6.45) is 1.62. The molecule has 0 fully saturated rings. The zero-order valence-corrected chi connectivity index (χ0v) is 21.3. The zero-order chi connectivity index (χ0) is 28.1.